The third kappa shape index (κ3) is 5.00. The fraction of sp³-hybridized carbons (Fsp3) is 0.350. The number of carbonyl (C=O) groups excluding carboxylic acids is 1. The predicted octanol–water partition coefficient (Wildman–Crippen LogP) is 2.98. The van der Waals surface area contributed by atoms with Crippen molar-refractivity contribution in [3.8, 4) is 0 Å². The summed E-state index contributed by atoms with van der Waals surface area (Å²) in [4.78, 5) is 31.3. The zero-order valence-electron chi connectivity index (χ0n) is 16.5. The molecule has 1 saturated heterocycles. The molecule has 1 atom stereocenters. The fourth-order valence-corrected chi connectivity index (χ4v) is 3.86. The second kappa shape index (κ2) is 9.31. The summed E-state index contributed by atoms with van der Waals surface area (Å²) < 4.78 is 5.74. The molecule has 10 heteroatoms. The number of ether oxygens (including phenoxy) is 1. The van der Waals surface area contributed by atoms with E-state index in [1.807, 2.05) is 24.3 Å². The van der Waals surface area contributed by atoms with E-state index in [0.29, 0.717) is 29.3 Å². The van der Waals surface area contributed by atoms with Crippen LogP contribution in [-0.2, 0) is 9.53 Å². The largest absolute Gasteiger partial charge is 0.468 e. The van der Waals surface area contributed by atoms with Crippen molar-refractivity contribution < 1.29 is 9.53 Å². The summed E-state index contributed by atoms with van der Waals surface area (Å²) in [6.45, 7) is 1.90. The number of methoxy groups -OCH3 is 1. The van der Waals surface area contributed by atoms with Crippen LogP contribution in [0, 0.1) is 0 Å². The maximum Gasteiger partial charge on any atom is 0.319 e. The molecule has 1 aliphatic heterocycles. The molecule has 0 amide bonds. The van der Waals surface area contributed by atoms with Crippen molar-refractivity contribution in [2.75, 3.05) is 37.4 Å². The first-order chi connectivity index (χ1) is 14.6. The molecule has 30 heavy (non-hydrogen) atoms. The number of fused-ring (bicyclic) bond motifs is 1. The van der Waals surface area contributed by atoms with Gasteiger partial charge in [0.25, 0.3) is 0 Å². The van der Waals surface area contributed by atoms with E-state index in [9.17, 15) is 4.79 Å². The van der Waals surface area contributed by atoms with Gasteiger partial charge >= 0.3 is 5.97 Å². The zero-order chi connectivity index (χ0) is 20.9. The Morgan fingerprint density at radius 2 is 2.23 bits per heavy atom. The highest BCUT2D eigenvalue weighted by molar-refractivity contribution is 9.10. The lowest BCUT2D eigenvalue weighted by atomic mass is 10.1. The maximum absolute atomic E-state index is 11.6. The van der Waals surface area contributed by atoms with Gasteiger partial charge in [0.15, 0.2) is 5.82 Å². The summed E-state index contributed by atoms with van der Waals surface area (Å²) in [5.41, 5.74) is 2.18. The van der Waals surface area contributed by atoms with Crippen LogP contribution in [0.5, 0.6) is 0 Å². The lowest BCUT2D eigenvalue weighted by Crippen LogP contribution is -2.44. The van der Waals surface area contributed by atoms with Crippen molar-refractivity contribution >= 4 is 50.4 Å². The highest BCUT2D eigenvalue weighted by atomic mass is 79.9. The van der Waals surface area contributed by atoms with Gasteiger partial charge in [0.2, 0.25) is 5.95 Å². The Morgan fingerprint density at radius 3 is 3.07 bits per heavy atom. The molecule has 0 radical (unpaired) electrons. The maximum atomic E-state index is 11.6. The third-order valence-electron chi connectivity index (χ3n) is 4.88. The highest BCUT2D eigenvalue weighted by Gasteiger charge is 2.22. The van der Waals surface area contributed by atoms with Crippen LogP contribution in [0.3, 0.4) is 0 Å². The first-order valence-corrected chi connectivity index (χ1v) is 10.5. The number of anilines is 3. The number of carbonyl (C=O) groups is 1. The smallest absolute Gasteiger partial charge is 0.319 e. The first kappa shape index (κ1) is 20.4. The number of likely N-dealkylation sites (tertiary alicyclic amines) is 1. The van der Waals surface area contributed by atoms with Crippen molar-refractivity contribution in [2.45, 2.75) is 18.9 Å². The fourth-order valence-electron chi connectivity index (χ4n) is 3.46. The Hall–Kier alpha value is -2.85. The van der Waals surface area contributed by atoms with E-state index in [4.69, 9.17) is 4.74 Å². The third-order valence-corrected chi connectivity index (χ3v) is 5.38. The Bertz CT molecular complexity index is 1050. The summed E-state index contributed by atoms with van der Waals surface area (Å²) in [5.74, 6) is 0.900. The lowest BCUT2D eigenvalue weighted by molar-refractivity contribution is -0.142. The molecule has 2 N–H and O–H groups in total. The van der Waals surface area contributed by atoms with E-state index in [1.54, 1.807) is 6.20 Å². The van der Waals surface area contributed by atoms with Crippen LogP contribution in [0.15, 0.2) is 41.3 Å². The zero-order valence-corrected chi connectivity index (χ0v) is 18.1. The number of halogens is 1. The van der Waals surface area contributed by atoms with E-state index >= 15 is 0 Å². The van der Waals surface area contributed by atoms with Crippen molar-refractivity contribution in [3.05, 3.63) is 41.3 Å². The van der Waals surface area contributed by atoms with Gasteiger partial charge in [-0.2, -0.15) is 0 Å². The van der Waals surface area contributed by atoms with Crippen LogP contribution < -0.4 is 10.6 Å². The van der Waals surface area contributed by atoms with Crippen LogP contribution >= 0.6 is 15.9 Å². The summed E-state index contributed by atoms with van der Waals surface area (Å²) in [6.07, 6.45) is 5.15. The SMILES string of the molecule is COC(=O)CN1CCCC(Nc2ncc3ncnc(Nc4cccc(Br)c4)c3n2)C1. The molecule has 156 valence electrons. The van der Waals surface area contributed by atoms with Crippen LogP contribution in [0.1, 0.15) is 12.8 Å². The number of nitrogens with zero attached hydrogens (tertiary/aromatic N) is 5. The Labute approximate surface area is 182 Å². The molecule has 1 unspecified atom stereocenters. The summed E-state index contributed by atoms with van der Waals surface area (Å²) >= 11 is 3.48. The van der Waals surface area contributed by atoms with Crippen LogP contribution in [0.2, 0.25) is 0 Å². The molecule has 4 rings (SSSR count). The lowest BCUT2D eigenvalue weighted by Gasteiger charge is -2.32. The monoisotopic (exact) mass is 471 g/mol. The molecular formula is C20H22BrN7O2. The number of nitrogens with one attached hydrogen (secondary N) is 2. The molecule has 0 saturated carbocycles. The van der Waals surface area contributed by atoms with Crippen LogP contribution in [0.4, 0.5) is 17.5 Å². The van der Waals surface area contributed by atoms with Crippen LogP contribution in [-0.4, -0.2) is 63.6 Å². The van der Waals surface area contributed by atoms with Gasteiger partial charge in [-0.25, -0.2) is 19.9 Å². The number of benzene rings is 1. The normalized spacial score (nSPS) is 16.9. The average Bonchev–Trinajstić information content (AvgIpc) is 2.74. The molecule has 9 nitrogen and oxygen atoms in total. The minimum Gasteiger partial charge on any atom is -0.468 e. The van der Waals surface area contributed by atoms with E-state index in [1.165, 1.54) is 13.4 Å². The number of rotatable bonds is 6. The molecule has 0 bridgehead atoms. The number of piperidine rings is 1. The van der Waals surface area contributed by atoms with E-state index in [-0.39, 0.29) is 12.0 Å². The molecular weight excluding hydrogens is 450 g/mol. The second-order valence-electron chi connectivity index (χ2n) is 7.08. The van der Waals surface area contributed by atoms with E-state index in [0.717, 1.165) is 36.1 Å². The molecule has 3 aromatic rings. The predicted molar refractivity (Wildman–Crippen MR) is 118 cm³/mol. The van der Waals surface area contributed by atoms with Gasteiger partial charge in [-0.05, 0) is 37.6 Å². The van der Waals surface area contributed by atoms with Crippen molar-refractivity contribution in [3.63, 3.8) is 0 Å². The topological polar surface area (TPSA) is 105 Å². The molecule has 2 aromatic heterocycles. The molecule has 1 fully saturated rings. The minimum absolute atomic E-state index is 0.145. The minimum atomic E-state index is -0.224. The highest BCUT2D eigenvalue weighted by Crippen LogP contribution is 2.24. The van der Waals surface area contributed by atoms with Gasteiger partial charge in [-0.15, -0.1) is 0 Å². The summed E-state index contributed by atoms with van der Waals surface area (Å²) in [6, 6.07) is 7.97. The van der Waals surface area contributed by atoms with Gasteiger partial charge in [0.05, 0.1) is 19.9 Å². The quantitative estimate of drug-likeness (QED) is 0.524. The van der Waals surface area contributed by atoms with Gasteiger partial charge < -0.3 is 15.4 Å². The van der Waals surface area contributed by atoms with Gasteiger partial charge in [-0.3, -0.25) is 9.69 Å². The number of aromatic nitrogens is 4. The molecule has 1 aromatic carbocycles. The molecule has 0 spiro atoms. The Kier molecular flexibility index (Phi) is 6.34. The van der Waals surface area contributed by atoms with Crippen molar-refractivity contribution in [2.24, 2.45) is 0 Å². The second-order valence-corrected chi connectivity index (χ2v) is 8.00. The van der Waals surface area contributed by atoms with Gasteiger partial charge in [-0.1, -0.05) is 22.0 Å². The van der Waals surface area contributed by atoms with Crippen molar-refractivity contribution in [1.82, 2.24) is 24.8 Å². The Morgan fingerprint density at radius 1 is 1.33 bits per heavy atom. The van der Waals surface area contributed by atoms with Crippen LogP contribution in [0.25, 0.3) is 11.0 Å². The number of hydrogen-bond donors (Lipinski definition) is 2. The summed E-state index contributed by atoms with van der Waals surface area (Å²) in [7, 11) is 1.41. The molecule has 1 aliphatic rings. The number of esters is 1. The van der Waals surface area contributed by atoms with Gasteiger partial charge in [0, 0.05) is 22.7 Å². The molecule has 3 heterocycles. The molecule has 0 aliphatic carbocycles. The van der Waals surface area contributed by atoms with E-state index in [2.05, 4.69) is 51.4 Å². The number of hydrogen-bond acceptors (Lipinski definition) is 9. The Balaban J connectivity index is 1.52. The van der Waals surface area contributed by atoms with Gasteiger partial charge in [0.1, 0.15) is 17.4 Å². The average molecular weight is 472 g/mol. The van der Waals surface area contributed by atoms with E-state index < -0.39 is 0 Å². The first-order valence-electron chi connectivity index (χ1n) is 9.67. The standard InChI is InChI=1S/C20H22BrN7O2/c1-30-17(29)11-28-7-3-6-15(10-28)26-20-22-9-16-18(27-20)19(24-12-23-16)25-14-5-2-4-13(21)8-14/h2,4-5,8-9,12,15H,3,6-7,10-11H2,1H3,(H,22,26,27)(H,23,24,25). The van der Waals surface area contributed by atoms with Crippen molar-refractivity contribution in [1.29, 1.82) is 0 Å². The summed E-state index contributed by atoms with van der Waals surface area (Å²) in [5, 5.41) is 6.68.